The van der Waals surface area contributed by atoms with Crippen LogP contribution in [0, 0.1) is 17.0 Å². The molecule has 0 radical (unpaired) electrons. The standard InChI is InChI=1S/C16H15N3O2/c1-11-6-7-12(15(10-11)19(20)21)16(13-4-2-8-17-13)14-5-3-9-18-14/h2-10,16-18H,1H3. The number of nitrogens with one attached hydrogen (secondary N) is 2. The average Bonchev–Trinajstić information content (AvgIpc) is 3.14. The van der Waals surface area contributed by atoms with Crippen molar-refractivity contribution in [3.63, 3.8) is 0 Å². The largest absolute Gasteiger partial charge is 0.364 e. The van der Waals surface area contributed by atoms with E-state index < -0.39 is 0 Å². The van der Waals surface area contributed by atoms with Crippen LogP contribution in [0.3, 0.4) is 0 Å². The van der Waals surface area contributed by atoms with Gasteiger partial charge in [-0.05, 0) is 36.8 Å². The molecular weight excluding hydrogens is 266 g/mol. The van der Waals surface area contributed by atoms with Crippen LogP contribution in [0.15, 0.2) is 54.9 Å². The van der Waals surface area contributed by atoms with E-state index in [-0.39, 0.29) is 16.5 Å². The highest BCUT2D eigenvalue weighted by atomic mass is 16.6. The molecule has 0 spiro atoms. The molecular formula is C16H15N3O2. The fraction of sp³-hybridized carbons (Fsp3) is 0.125. The van der Waals surface area contributed by atoms with Crippen molar-refractivity contribution in [3.8, 4) is 0 Å². The molecule has 1 aromatic carbocycles. The average molecular weight is 281 g/mol. The van der Waals surface area contributed by atoms with Crippen LogP contribution in [0.1, 0.15) is 28.4 Å². The summed E-state index contributed by atoms with van der Waals surface area (Å²) < 4.78 is 0. The number of aryl methyl sites for hydroxylation is 1. The highest BCUT2D eigenvalue weighted by molar-refractivity contribution is 5.51. The zero-order chi connectivity index (χ0) is 14.8. The molecule has 5 nitrogen and oxygen atoms in total. The van der Waals surface area contributed by atoms with Crippen molar-refractivity contribution in [2.75, 3.05) is 0 Å². The van der Waals surface area contributed by atoms with E-state index >= 15 is 0 Å². The SMILES string of the molecule is Cc1ccc(C(c2ccc[nH]2)c2ccc[nH]2)c([N+](=O)[O-])c1. The van der Waals surface area contributed by atoms with Gasteiger partial charge >= 0.3 is 0 Å². The fourth-order valence-corrected chi connectivity index (χ4v) is 2.61. The lowest BCUT2D eigenvalue weighted by molar-refractivity contribution is -0.385. The van der Waals surface area contributed by atoms with Crippen LogP contribution in [0.25, 0.3) is 0 Å². The van der Waals surface area contributed by atoms with Gasteiger partial charge in [0.05, 0.1) is 10.8 Å². The van der Waals surface area contributed by atoms with E-state index in [0.717, 1.165) is 17.0 Å². The number of aromatic nitrogens is 2. The molecule has 21 heavy (non-hydrogen) atoms. The van der Waals surface area contributed by atoms with Crippen molar-refractivity contribution in [1.82, 2.24) is 9.97 Å². The van der Waals surface area contributed by atoms with E-state index in [0.29, 0.717) is 5.56 Å². The molecule has 2 heterocycles. The van der Waals surface area contributed by atoms with Crippen LogP contribution in [-0.2, 0) is 0 Å². The molecule has 0 aliphatic carbocycles. The predicted octanol–water partition coefficient (Wildman–Crippen LogP) is 3.74. The van der Waals surface area contributed by atoms with Crippen molar-refractivity contribution in [3.05, 3.63) is 87.5 Å². The Bertz CT molecular complexity index is 712. The number of aromatic amines is 2. The second-order valence-electron chi connectivity index (χ2n) is 5.00. The molecule has 5 heteroatoms. The quantitative estimate of drug-likeness (QED) is 0.564. The number of nitrogens with zero attached hydrogens (tertiary/aromatic N) is 1. The lowest BCUT2D eigenvalue weighted by atomic mass is 9.90. The number of H-pyrrole nitrogens is 2. The first kappa shape index (κ1) is 13.2. The van der Waals surface area contributed by atoms with E-state index in [4.69, 9.17) is 0 Å². The number of hydrogen-bond donors (Lipinski definition) is 2. The first-order valence-electron chi connectivity index (χ1n) is 6.68. The van der Waals surface area contributed by atoms with Crippen molar-refractivity contribution >= 4 is 5.69 Å². The third-order valence-corrected chi connectivity index (χ3v) is 3.56. The van der Waals surface area contributed by atoms with Crippen LogP contribution in [0.4, 0.5) is 5.69 Å². The van der Waals surface area contributed by atoms with Gasteiger partial charge < -0.3 is 9.97 Å². The molecule has 0 fully saturated rings. The zero-order valence-electron chi connectivity index (χ0n) is 11.5. The molecule has 0 saturated carbocycles. The number of benzene rings is 1. The predicted molar refractivity (Wildman–Crippen MR) is 80.4 cm³/mol. The lowest BCUT2D eigenvalue weighted by Crippen LogP contribution is -2.07. The highest BCUT2D eigenvalue weighted by Crippen LogP contribution is 2.35. The number of nitro benzene ring substituents is 1. The summed E-state index contributed by atoms with van der Waals surface area (Å²) in [5.74, 6) is -0.212. The minimum absolute atomic E-state index is 0.143. The van der Waals surface area contributed by atoms with Gasteiger partial charge in [-0.3, -0.25) is 10.1 Å². The number of nitro groups is 1. The summed E-state index contributed by atoms with van der Waals surface area (Å²) >= 11 is 0. The second kappa shape index (κ2) is 5.28. The summed E-state index contributed by atoms with van der Waals surface area (Å²) in [4.78, 5) is 17.4. The second-order valence-corrected chi connectivity index (χ2v) is 5.00. The summed E-state index contributed by atoms with van der Waals surface area (Å²) in [7, 11) is 0. The summed E-state index contributed by atoms with van der Waals surface area (Å²) in [6.45, 7) is 1.86. The molecule has 0 aliphatic heterocycles. The minimum Gasteiger partial charge on any atom is -0.364 e. The van der Waals surface area contributed by atoms with E-state index in [1.54, 1.807) is 6.07 Å². The maximum Gasteiger partial charge on any atom is 0.273 e. The summed E-state index contributed by atoms with van der Waals surface area (Å²) in [6, 6.07) is 13.0. The van der Waals surface area contributed by atoms with Gasteiger partial charge in [0.2, 0.25) is 0 Å². The number of rotatable bonds is 4. The van der Waals surface area contributed by atoms with Crippen molar-refractivity contribution in [2.45, 2.75) is 12.8 Å². The topological polar surface area (TPSA) is 74.7 Å². The Balaban J connectivity index is 2.20. The Morgan fingerprint density at radius 1 is 1.05 bits per heavy atom. The van der Waals surface area contributed by atoms with Crippen molar-refractivity contribution in [1.29, 1.82) is 0 Å². The van der Waals surface area contributed by atoms with Gasteiger partial charge in [-0.1, -0.05) is 12.1 Å². The molecule has 2 aromatic heterocycles. The Kier molecular flexibility index (Phi) is 3.31. The molecule has 0 atom stereocenters. The van der Waals surface area contributed by atoms with Crippen LogP contribution < -0.4 is 0 Å². The molecule has 106 valence electrons. The smallest absolute Gasteiger partial charge is 0.273 e. The third-order valence-electron chi connectivity index (χ3n) is 3.56. The van der Waals surface area contributed by atoms with Gasteiger partial charge in [0.15, 0.2) is 0 Å². The Morgan fingerprint density at radius 2 is 1.67 bits per heavy atom. The molecule has 3 rings (SSSR count). The van der Waals surface area contributed by atoms with Crippen LogP contribution in [-0.4, -0.2) is 14.9 Å². The maximum atomic E-state index is 11.4. The van der Waals surface area contributed by atoms with Crippen molar-refractivity contribution in [2.24, 2.45) is 0 Å². The first-order valence-corrected chi connectivity index (χ1v) is 6.68. The molecule has 0 saturated heterocycles. The summed E-state index contributed by atoms with van der Waals surface area (Å²) in [5.41, 5.74) is 3.54. The zero-order valence-corrected chi connectivity index (χ0v) is 11.5. The number of hydrogen-bond acceptors (Lipinski definition) is 2. The van der Waals surface area contributed by atoms with E-state index in [1.807, 2.05) is 55.7 Å². The summed E-state index contributed by atoms with van der Waals surface area (Å²) in [5, 5.41) is 11.4. The Hall–Kier alpha value is -2.82. The Morgan fingerprint density at radius 3 is 2.14 bits per heavy atom. The van der Waals surface area contributed by atoms with Crippen LogP contribution >= 0.6 is 0 Å². The maximum absolute atomic E-state index is 11.4. The monoisotopic (exact) mass is 281 g/mol. The Labute approximate surface area is 121 Å². The van der Waals surface area contributed by atoms with E-state index in [1.165, 1.54) is 0 Å². The molecule has 0 amide bonds. The van der Waals surface area contributed by atoms with E-state index in [9.17, 15) is 10.1 Å². The van der Waals surface area contributed by atoms with Gasteiger partial charge in [-0.15, -0.1) is 0 Å². The van der Waals surface area contributed by atoms with Crippen LogP contribution in [0.2, 0.25) is 0 Å². The highest BCUT2D eigenvalue weighted by Gasteiger charge is 2.26. The summed E-state index contributed by atoms with van der Waals surface area (Å²) in [6.07, 6.45) is 3.65. The van der Waals surface area contributed by atoms with Gasteiger partial charge in [0, 0.05) is 35.4 Å². The normalized spacial score (nSPS) is 11.0. The van der Waals surface area contributed by atoms with Crippen LogP contribution in [0.5, 0.6) is 0 Å². The van der Waals surface area contributed by atoms with Gasteiger partial charge in [-0.25, -0.2) is 0 Å². The molecule has 3 aromatic rings. The fourth-order valence-electron chi connectivity index (χ4n) is 2.61. The van der Waals surface area contributed by atoms with Gasteiger partial charge in [0.1, 0.15) is 0 Å². The minimum atomic E-state index is -0.318. The molecule has 0 aliphatic rings. The van der Waals surface area contributed by atoms with E-state index in [2.05, 4.69) is 9.97 Å². The molecule has 2 N–H and O–H groups in total. The first-order chi connectivity index (χ1) is 10.2. The lowest BCUT2D eigenvalue weighted by Gasteiger charge is -2.15. The van der Waals surface area contributed by atoms with Crippen molar-refractivity contribution < 1.29 is 4.92 Å². The van der Waals surface area contributed by atoms with Gasteiger partial charge in [0.25, 0.3) is 5.69 Å². The molecule has 0 unspecified atom stereocenters. The molecule has 0 bridgehead atoms. The third kappa shape index (κ3) is 2.45. The van der Waals surface area contributed by atoms with Gasteiger partial charge in [-0.2, -0.15) is 0 Å².